The Hall–Kier alpha value is -1.36. The van der Waals surface area contributed by atoms with E-state index in [1.54, 1.807) is 0 Å². The van der Waals surface area contributed by atoms with Crippen molar-refractivity contribution in [3.8, 4) is 11.3 Å². The lowest BCUT2D eigenvalue weighted by atomic mass is 9.91. The van der Waals surface area contributed by atoms with Crippen molar-refractivity contribution >= 4 is 12.4 Å². The lowest BCUT2D eigenvalue weighted by Crippen LogP contribution is -2.39. The van der Waals surface area contributed by atoms with Gasteiger partial charge in [0.2, 0.25) is 0 Å². The summed E-state index contributed by atoms with van der Waals surface area (Å²) in [5, 5.41) is 4.20. The van der Waals surface area contributed by atoms with E-state index in [0.717, 1.165) is 36.7 Å². The van der Waals surface area contributed by atoms with Gasteiger partial charge < -0.3 is 10.3 Å². The first kappa shape index (κ1) is 17.0. The fourth-order valence-corrected chi connectivity index (χ4v) is 2.99. The molecular weight excluding hydrogens is 298 g/mol. The van der Waals surface area contributed by atoms with Gasteiger partial charge >= 0.3 is 0 Å². The van der Waals surface area contributed by atoms with Crippen molar-refractivity contribution in [2.75, 3.05) is 13.1 Å². The maximum absolute atomic E-state index is 5.99. The Morgan fingerprint density at radius 1 is 1.27 bits per heavy atom. The van der Waals surface area contributed by atoms with Gasteiger partial charge in [0.05, 0.1) is 5.69 Å². The Labute approximate surface area is 138 Å². The molecule has 22 heavy (non-hydrogen) atoms. The standard InChI is InChI=1S/C17H23N3O.ClH/c1-13(18)14-7-9-20(10-8-14)12-16-11-17(21-19-16)15-5-3-2-4-6-15;/h2-6,11,13-14H,7-10,12,18H2,1H3;1H. The average Bonchev–Trinajstić information content (AvgIpc) is 2.97. The molecule has 1 unspecified atom stereocenters. The maximum Gasteiger partial charge on any atom is 0.167 e. The van der Waals surface area contributed by atoms with E-state index < -0.39 is 0 Å². The number of nitrogens with zero attached hydrogens (tertiary/aromatic N) is 2. The molecule has 0 bridgehead atoms. The van der Waals surface area contributed by atoms with Gasteiger partial charge in [-0.1, -0.05) is 35.5 Å². The number of rotatable bonds is 4. The molecule has 0 saturated carbocycles. The third-order valence-corrected chi connectivity index (χ3v) is 4.38. The van der Waals surface area contributed by atoms with E-state index in [0.29, 0.717) is 12.0 Å². The number of hydrogen-bond acceptors (Lipinski definition) is 4. The zero-order valence-electron chi connectivity index (χ0n) is 12.9. The smallest absolute Gasteiger partial charge is 0.167 e. The largest absolute Gasteiger partial charge is 0.356 e. The Morgan fingerprint density at radius 3 is 2.59 bits per heavy atom. The number of hydrogen-bond donors (Lipinski definition) is 1. The van der Waals surface area contributed by atoms with Gasteiger partial charge in [-0.2, -0.15) is 0 Å². The predicted molar refractivity (Wildman–Crippen MR) is 90.8 cm³/mol. The second-order valence-corrected chi connectivity index (χ2v) is 6.02. The molecule has 1 aromatic carbocycles. The van der Waals surface area contributed by atoms with E-state index in [-0.39, 0.29) is 12.4 Å². The van der Waals surface area contributed by atoms with Crippen molar-refractivity contribution in [3.05, 3.63) is 42.1 Å². The van der Waals surface area contributed by atoms with Gasteiger partial charge in [0.1, 0.15) is 0 Å². The van der Waals surface area contributed by atoms with Crippen LogP contribution in [0.25, 0.3) is 11.3 Å². The van der Waals surface area contributed by atoms with Crippen LogP contribution in [0, 0.1) is 5.92 Å². The van der Waals surface area contributed by atoms with Crippen LogP contribution in [0.2, 0.25) is 0 Å². The van der Waals surface area contributed by atoms with E-state index in [4.69, 9.17) is 10.3 Å². The molecule has 120 valence electrons. The Kier molecular flexibility index (Phi) is 6.00. The molecule has 1 saturated heterocycles. The molecule has 0 radical (unpaired) electrons. The molecule has 1 aromatic heterocycles. The summed E-state index contributed by atoms with van der Waals surface area (Å²) in [6.07, 6.45) is 2.36. The highest BCUT2D eigenvalue weighted by Crippen LogP contribution is 2.23. The number of piperidine rings is 1. The van der Waals surface area contributed by atoms with Crippen LogP contribution in [0.15, 0.2) is 40.9 Å². The van der Waals surface area contributed by atoms with Crippen LogP contribution in [0.3, 0.4) is 0 Å². The molecule has 0 aliphatic carbocycles. The summed E-state index contributed by atoms with van der Waals surface area (Å²) >= 11 is 0. The first-order valence-corrected chi connectivity index (χ1v) is 7.71. The minimum atomic E-state index is 0. The lowest BCUT2D eigenvalue weighted by Gasteiger charge is -2.33. The van der Waals surface area contributed by atoms with E-state index in [9.17, 15) is 0 Å². The van der Waals surface area contributed by atoms with Crippen molar-refractivity contribution < 1.29 is 4.52 Å². The van der Waals surface area contributed by atoms with E-state index in [1.165, 1.54) is 12.8 Å². The van der Waals surface area contributed by atoms with Gasteiger partial charge in [0, 0.05) is 24.2 Å². The monoisotopic (exact) mass is 321 g/mol. The second-order valence-electron chi connectivity index (χ2n) is 6.02. The van der Waals surface area contributed by atoms with Crippen molar-refractivity contribution in [1.82, 2.24) is 10.1 Å². The molecule has 2 heterocycles. The van der Waals surface area contributed by atoms with Gasteiger partial charge in [0.25, 0.3) is 0 Å². The molecule has 2 N–H and O–H groups in total. The normalized spacial score (nSPS) is 17.9. The summed E-state index contributed by atoms with van der Waals surface area (Å²) in [5.41, 5.74) is 8.07. The van der Waals surface area contributed by atoms with Gasteiger partial charge in [-0.15, -0.1) is 12.4 Å². The van der Waals surface area contributed by atoms with Crippen LogP contribution >= 0.6 is 12.4 Å². The summed E-state index contributed by atoms with van der Waals surface area (Å²) in [6, 6.07) is 12.5. The predicted octanol–water partition coefficient (Wildman–Crippen LogP) is 3.32. The highest BCUT2D eigenvalue weighted by atomic mass is 35.5. The Morgan fingerprint density at radius 2 is 1.95 bits per heavy atom. The van der Waals surface area contributed by atoms with Crippen LogP contribution in [-0.4, -0.2) is 29.2 Å². The third kappa shape index (κ3) is 4.09. The van der Waals surface area contributed by atoms with Crippen LogP contribution < -0.4 is 5.73 Å². The van der Waals surface area contributed by atoms with Crippen LogP contribution in [0.4, 0.5) is 0 Å². The molecule has 5 heteroatoms. The number of halogens is 1. The highest BCUT2D eigenvalue weighted by molar-refractivity contribution is 5.85. The van der Waals surface area contributed by atoms with Crippen LogP contribution in [0.5, 0.6) is 0 Å². The van der Waals surface area contributed by atoms with Crippen LogP contribution in [-0.2, 0) is 6.54 Å². The van der Waals surface area contributed by atoms with Gasteiger partial charge in [-0.25, -0.2) is 0 Å². The van der Waals surface area contributed by atoms with E-state index >= 15 is 0 Å². The first-order chi connectivity index (χ1) is 10.2. The molecule has 3 rings (SSSR count). The van der Waals surface area contributed by atoms with E-state index in [2.05, 4.69) is 17.0 Å². The topological polar surface area (TPSA) is 55.3 Å². The Balaban J connectivity index is 0.00000176. The van der Waals surface area contributed by atoms with Gasteiger partial charge in [-0.05, 0) is 38.8 Å². The molecular formula is C17H24ClN3O. The first-order valence-electron chi connectivity index (χ1n) is 7.71. The van der Waals surface area contributed by atoms with E-state index in [1.807, 2.05) is 36.4 Å². The zero-order chi connectivity index (χ0) is 14.7. The van der Waals surface area contributed by atoms with Gasteiger partial charge in [0.15, 0.2) is 5.76 Å². The summed E-state index contributed by atoms with van der Waals surface area (Å²) in [4.78, 5) is 2.44. The molecule has 2 aromatic rings. The quantitative estimate of drug-likeness (QED) is 0.938. The number of likely N-dealkylation sites (tertiary alicyclic amines) is 1. The van der Waals surface area contributed by atoms with Crippen molar-refractivity contribution in [1.29, 1.82) is 0 Å². The summed E-state index contributed by atoms with van der Waals surface area (Å²) in [7, 11) is 0. The van der Waals surface area contributed by atoms with Crippen LogP contribution in [0.1, 0.15) is 25.5 Å². The Bertz CT molecular complexity index is 562. The fourth-order valence-electron chi connectivity index (χ4n) is 2.99. The molecule has 4 nitrogen and oxygen atoms in total. The molecule has 0 amide bonds. The number of aromatic nitrogens is 1. The summed E-state index contributed by atoms with van der Waals surface area (Å²) in [6.45, 7) is 5.17. The van der Waals surface area contributed by atoms with Crippen molar-refractivity contribution in [3.63, 3.8) is 0 Å². The van der Waals surface area contributed by atoms with Gasteiger partial charge in [-0.3, -0.25) is 4.90 Å². The number of benzene rings is 1. The average molecular weight is 322 g/mol. The lowest BCUT2D eigenvalue weighted by molar-refractivity contribution is 0.162. The van der Waals surface area contributed by atoms with Crippen molar-refractivity contribution in [2.45, 2.75) is 32.4 Å². The highest BCUT2D eigenvalue weighted by Gasteiger charge is 2.22. The third-order valence-electron chi connectivity index (χ3n) is 4.38. The molecule has 0 spiro atoms. The molecule has 1 atom stereocenters. The maximum atomic E-state index is 5.99. The SMILES string of the molecule is CC(N)C1CCN(Cc2cc(-c3ccccc3)on2)CC1.Cl. The zero-order valence-corrected chi connectivity index (χ0v) is 13.8. The number of nitrogens with two attached hydrogens (primary N) is 1. The molecule has 1 aliphatic rings. The second kappa shape index (κ2) is 7.77. The minimum absolute atomic E-state index is 0. The molecule has 1 fully saturated rings. The van der Waals surface area contributed by atoms with Crippen molar-refractivity contribution in [2.24, 2.45) is 11.7 Å². The minimum Gasteiger partial charge on any atom is -0.356 e. The summed E-state index contributed by atoms with van der Waals surface area (Å²) in [5.74, 6) is 1.51. The molecule has 1 aliphatic heterocycles. The fraction of sp³-hybridized carbons (Fsp3) is 0.471. The summed E-state index contributed by atoms with van der Waals surface area (Å²) < 4.78 is 5.45.